The van der Waals surface area contributed by atoms with Crippen LogP contribution in [0.2, 0.25) is 0 Å². The van der Waals surface area contributed by atoms with Gasteiger partial charge >= 0.3 is 23.0 Å². The van der Waals surface area contributed by atoms with E-state index >= 15 is 0 Å². The molecular formula is C24H25FeNO3+2. The molecule has 2 aliphatic carbocycles. The van der Waals surface area contributed by atoms with E-state index in [0.29, 0.717) is 0 Å². The van der Waals surface area contributed by atoms with Gasteiger partial charge in [0.15, 0.2) is 0 Å². The molecule has 1 aromatic carbocycles. The summed E-state index contributed by atoms with van der Waals surface area (Å²) in [7, 11) is 0. The summed E-state index contributed by atoms with van der Waals surface area (Å²) < 4.78 is 4.99. The van der Waals surface area contributed by atoms with Crippen molar-refractivity contribution in [2.45, 2.75) is 19.9 Å². The first kappa shape index (κ1) is 25.5. The van der Waals surface area contributed by atoms with Crippen molar-refractivity contribution in [1.29, 1.82) is 0 Å². The number of hydrogen-bond acceptors (Lipinski definition) is 3. The molecule has 1 aromatic rings. The van der Waals surface area contributed by atoms with Crippen LogP contribution in [0.5, 0.6) is 0 Å². The molecule has 2 aliphatic rings. The molecule has 1 amide bonds. The van der Waals surface area contributed by atoms with Gasteiger partial charge in [-0.05, 0) is 77.2 Å². The summed E-state index contributed by atoms with van der Waals surface area (Å²) in [5.74, 6) is -0.275. The summed E-state index contributed by atoms with van der Waals surface area (Å²) >= 11 is 0. The predicted molar refractivity (Wildman–Crippen MR) is 110 cm³/mol. The molecule has 3 rings (SSSR count). The average molecular weight is 431 g/mol. The molecule has 5 heteroatoms. The summed E-state index contributed by atoms with van der Waals surface area (Å²) in [4.78, 5) is 24.6. The Hall–Kier alpha value is -1.58. The van der Waals surface area contributed by atoms with Gasteiger partial charge in [-0.15, -0.1) is 0 Å². The van der Waals surface area contributed by atoms with Gasteiger partial charge in [0.25, 0.3) is 5.91 Å². The molecule has 10 radical (unpaired) electrons. The molecule has 4 nitrogen and oxygen atoms in total. The fraction of sp³-hybridized carbons (Fsp3) is 0.167. The van der Waals surface area contributed by atoms with Crippen LogP contribution in [0.4, 0.5) is 0 Å². The van der Waals surface area contributed by atoms with Gasteiger partial charge in [-0.3, -0.25) is 4.79 Å². The van der Waals surface area contributed by atoms with Crippen molar-refractivity contribution in [2.24, 2.45) is 0 Å². The van der Waals surface area contributed by atoms with Gasteiger partial charge in [0, 0.05) is 5.92 Å². The third-order valence-electron chi connectivity index (χ3n) is 3.94. The molecule has 1 N–H and O–H groups in total. The van der Waals surface area contributed by atoms with Crippen molar-refractivity contribution >= 4 is 11.9 Å². The number of rotatable bonds is 6. The molecule has 2 saturated carbocycles. The summed E-state index contributed by atoms with van der Waals surface area (Å²) in [6.45, 7) is 3.81. The molecular weight excluding hydrogens is 406 g/mol. The Labute approximate surface area is 186 Å². The molecule has 2 fully saturated rings. The zero-order chi connectivity index (χ0) is 20.2. The van der Waals surface area contributed by atoms with E-state index in [1.54, 1.807) is 13.0 Å². The van der Waals surface area contributed by atoms with Crippen molar-refractivity contribution in [3.05, 3.63) is 111 Å². The Morgan fingerprint density at radius 3 is 2.03 bits per heavy atom. The molecule has 0 saturated heterocycles. The molecule has 29 heavy (non-hydrogen) atoms. The third kappa shape index (κ3) is 9.18. The third-order valence-corrected chi connectivity index (χ3v) is 3.94. The fourth-order valence-electron chi connectivity index (χ4n) is 2.50. The second kappa shape index (κ2) is 14.4. The quantitative estimate of drug-likeness (QED) is 0.245. The van der Waals surface area contributed by atoms with Crippen LogP contribution in [0.25, 0.3) is 0 Å². The number of hydrogen-bond donors (Lipinski definition) is 1. The fourth-order valence-corrected chi connectivity index (χ4v) is 2.50. The number of amides is 1. The molecule has 0 bridgehead atoms. The summed E-state index contributed by atoms with van der Waals surface area (Å²) in [5, 5.41) is 2.84. The van der Waals surface area contributed by atoms with Crippen LogP contribution < -0.4 is 5.32 Å². The number of carbonyl (C=O) groups excluding carboxylic acids is 2. The largest absolute Gasteiger partial charge is 2.00 e. The van der Waals surface area contributed by atoms with Gasteiger partial charge < -0.3 is 10.1 Å². The molecule has 1 atom stereocenters. The normalized spacial score (nSPS) is 17.5. The Morgan fingerprint density at radius 1 is 0.966 bits per heavy atom. The van der Waals surface area contributed by atoms with Gasteiger partial charge in [0.1, 0.15) is 5.57 Å². The van der Waals surface area contributed by atoms with Gasteiger partial charge in [0.05, 0.1) is 12.6 Å². The minimum atomic E-state index is -0.619. The first-order valence-corrected chi connectivity index (χ1v) is 9.24. The zero-order valence-corrected chi connectivity index (χ0v) is 17.6. The first-order valence-electron chi connectivity index (χ1n) is 9.24. The smallest absolute Gasteiger partial charge is 0.462 e. The monoisotopic (exact) mass is 431 g/mol. The van der Waals surface area contributed by atoms with Gasteiger partial charge in [-0.2, -0.15) is 0 Å². The number of esters is 1. The van der Waals surface area contributed by atoms with Gasteiger partial charge in [-0.1, -0.05) is 36.4 Å². The maximum absolute atomic E-state index is 12.5. The van der Waals surface area contributed by atoms with E-state index in [1.165, 1.54) is 0 Å². The molecule has 1 unspecified atom stereocenters. The maximum atomic E-state index is 12.5. The summed E-state index contributed by atoms with van der Waals surface area (Å²) in [6, 6.07) is 9.37. The second-order valence-electron chi connectivity index (χ2n) is 6.06. The van der Waals surface area contributed by atoms with Crippen LogP contribution in [0.3, 0.4) is 0 Å². The molecule has 0 aromatic heterocycles. The Balaban J connectivity index is 0.000000610. The second-order valence-corrected chi connectivity index (χ2v) is 6.06. The number of ether oxygens (including phenoxy) is 1. The van der Waals surface area contributed by atoms with Crippen molar-refractivity contribution in [3.8, 4) is 0 Å². The topological polar surface area (TPSA) is 55.4 Å². The maximum Gasteiger partial charge on any atom is 2.00 e. The number of benzene rings is 1. The van der Waals surface area contributed by atoms with Crippen molar-refractivity contribution in [1.82, 2.24) is 5.32 Å². The number of carbonyl (C=O) groups is 2. The van der Waals surface area contributed by atoms with E-state index in [0.717, 1.165) is 11.5 Å². The minimum Gasteiger partial charge on any atom is -0.462 e. The molecule has 0 heterocycles. The SMILES string of the molecule is CCOC(=O)/C(=C/[C]1[CH][CH][CH][CH]1)C(=O)NC(C)c1ccccc1.[CH]1[CH][CH][CH][CH]1.[Fe+2]. The van der Waals surface area contributed by atoms with E-state index in [-0.39, 0.29) is 35.3 Å². The Bertz CT molecular complexity index is 627. The van der Waals surface area contributed by atoms with Crippen LogP contribution in [0.1, 0.15) is 25.5 Å². The van der Waals surface area contributed by atoms with E-state index in [2.05, 4.69) is 5.32 Å². The van der Waals surface area contributed by atoms with Gasteiger partial charge in [-0.25, -0.2) is 4.79 Å². The van der Waals surface area contributed by atoms with E-state index in [9.17, 15) is 9.59 Å². The van der Waals surface area contributed by atoms with Crippen LogP contribution in [0.15, 0.2) is 42.0 Å². The zero-order valence-electron chi connectivity index (χ0n) is 16.5. The van der Waals surface area contributed by atoms with Crippen LogP contribution in [-0.4, -0.2) is 18.5 Å². The molecule has 150 valence electrons. The van der Waals surface area contributed by atoms with Crippen LogP contribution >= 0.6 is 0 Å². The number of nitrogens with one attached hydrogen (secondary N) is 1. The van der Waals surface area contributed by atoms with Crippen molar-refractivity contribution < 1.29 is 31.4 Å². The number of allylic oxidation sites excluding steroid dienone is 1. The minimum absolute atomic E-state index is 0. The van der Waals surface area contributed by atoms with Gasteiger partial charge in [0.2, 0.25) is 0 Å². The summed E-state index contributed by atoms with van der Waals surface area (Å²) in [5.41, 5.74) is 0.971. The standard InChI is InChI=1S/C19H20NO3.C5H5.Fe/c1-3-23-19(22)17(13-15-9-7-8-10-15)18(21)20-14(2)16-11-5-4-6-12-16;1-2-4-5-3-1;/h4-14H,3H2,1-2H3,(H,20,21);1-5H;/q;;+2/b17-13+;;. The Kier molecular flexibility index (Phi) is 12.6. The van der Waals surface area contributed by atoms with Crippen molar-refractivity contribution in [2.75, 3.05) is 6.61 Å². The Morgan fingerprint density at radius 2 is 1.52 bits per heavy atom. The average Bonchev–Trinajstić information content (AvgIpc) is 3.43. The molecule has 0 aliphatic heterocycles. The predicted octanol–water partition coefficient (Wildman–Crippen LogP) is 3.78. The van der Waals surface area contributed by atoms with E-state index in [4.69, 9.17) is 4.74 Å². The van der Waals surface area contributed by atoms with E-state index < -0.39 is 11.9 Å². The van der Waals surface area contributed by atoms with Crippen molar-refractivity contribution in [3.63, 3.8) is 0 Å². The summed E-state index contributed by atoms with van der Waals surface area (Å²) in [6.07, 6.45) is 18.9. The van der Waals surface area contributed by atoms with Crippen LogP contribution in [0, 0.1) is 63.7 Å². The molecule has 0 spiro atoms. The van der Waals surface area contributed by atoms with Crippen LogP contribution in [-0.2, 0) is 31.4 Å². The first-order chi connectivity index (χ1) is 13.6. The van der Waals surface area contributed by atoms with E-state index in [1.807, 2.05) is 95.0 Å².